The maximum atomic E-state index is 12.8. The van der Waals surface area contributed by atoms with Crippen molar-refractivity contribution < 1.29 is 14.5 Å². The number of piperidine rings is 2. The second kappa shape index (κ2) is 8.53. The Bertz CT molecular complexity index is 746. The zero-order valence-corrected chi connectivity index (χ0v) is 17.6. The molecule has 7 nitrogen and oxygen atoms in total. The first-order chi connectivity index (χ1) is 12.9. The Morgan fingerprint density at radius 1 is 1.15 bits per heavy atom. The van der Waals surface area contributed by atoms with Crippen molar-refractivity contribution in [1.82, 2.24) is 9.80 Å². The summed E-state index contributed by atoms with van der Waals surface area (Å²) in [6.45, 7) is 4.88. The molecule has 2 saturated heterocycles. The molecule has 0 aromatic heterocycles. The molecule has 1 aromatic carbocycles. The number of halogens is 1. The fraction of sp³-hybridized carbons (Fsp3) is 0.579. The minimum Gasteiger partial charge on any atom is -0.342 e. The Hall–Kier alpha value is -1.71. The molecule has 2 heterocycles. The van der Waals surface area contributed by atoms with Gasteiger partial charge in [0.2, 0.25) is 5.91 Å². The van der Waals surface area contributed by atoms with Gasteiger partial charge in [-0.05, 0) is 60.3 Å². The highest BCUT2D eigenvalue weighted by molar-refractivity contribution is 14.1. The number of hydrogen-bond acceptors (Lipinski definition) is 4. The molecule has 0 aliphatic carbocycles. The van der Waals surface area contributed by atoms with Crippen molar-refractivity contribution in [2.75, 3.05) is 26.2 Å². The van der Waals surface area contributed by atoms with Crippen molar-refractivity contribution in [1.29, 1.82) is 0 Å². The fourth-order valence-electron chi connectivity index (χ4n) is 3.94. The second-order valence-corrected chi connectivity index (χ2v) is 8.68. The number of likely N-dealkylation sites (tertiary alicyclic amines) is 2. The van der Waals surface area contributed by atoms with Crippen molar-refractivity contribution in [2.45, 2.75) is 32.6 Å². The van der Waals surface area contributed by atoms with Crippen LogP contribution in [0.4, 0.5) is 5.69 Å². The lowest BCUT2D eigenvalue weighted by atomic mass is 9.92. The molecule has 0 radical (unpaired) electrons. The van der Waals surface area contributed by atoms with Crippen molar-refractivity contribution in [2.24, 2.45) is 11.8 Å². The van der Waals surface area contributed by atoms with E-state index in [4.69, 9.17) is 0 Å². The Kier molecular flexibility index (Phi) is 6.33. The number of amides is 2. The molecule has 8 heteroatoms. The van der Waals surface area contributed by atoms with Crippen LogP contribution in [-0.2, 0) is 4.79 Å². The molecule has 2 fully saturated rings. The lowest BCUT2D eigenvalue weighted by Gasteiger charge is -2.37. The first kappa shape index (κ1) is 20.0. The van der Waals surface area contributed by atoms with E-state index in [0.717, 1.165) is 19.5 Å². The summed E-state index contributed by atoms with van der Waals surface area (Å²) in [7, 11) is 0. The molecule has 27 heavy (non-hydrogen) atoms. The van der Waals surface area contributed by atoms with Crippen molar-refractivity contribution >= 4 is 40.1 Å². The van der Waals surface area contributed by atoms with E-state index in [1.54, 1.807) is 11.0 Å². The number of carbonyl (C=O) groups excluding carboxylic acids is 2. The van der Waals surface area contributed by atoms with E-state index in [2.05, 4.69) is 6.92 Å². The summed E-state index contributed by atoms with van der Waals surface area (Å²) < 4.78 is 0.698. The van der Waals surface area contributed by atoms with E-state index in [1.165, 1.54) is 18.6 Å². The molecule has 146 valence electrons. The molecule has 1 unspecified atom stereocenters. The number of nitro groups is 1. The number of benzene rings is 1. The third kappa shape index (κ3) is 4.59. The number of nitrogens with zero attached hydrogens (tertiary/aromatic N) is 3. The molecule has 2 aliphatic heterocycles. The second-order valence-electron chi connectivity index (χ2n) is 7.52. The van der Waals surface area contributed by atoms with Gasteiger partial charge < -0.3 is 9.80 Å². The van der Waals surface area contributed by atoms with E-state index in [9.17, 15) is 19.7 Å². The zero-order valence-electron chi connectivity index (χ0n) is 15.4. The molecule has 0 spiro atoms. The lowest BCUT2D eigenvalue weighted by molar-refractivity contribution is -0.384. The monoisotopic (exact) mass is 485 g/mol. The molecule has 3 rings (SSSR count). The molecule has 2 amide bonds. The number of nitro benzene ring substituents is 1. The molecular formula is C19H24IN3O4. The minimum absolute atomic E-state index is 0.0245. The third-order valence-electron chi connectivity index (χ3n) is 5.49. The third-order valence-corrected chi connectivity index (χ3v) is 6.43. The van der Waals surface area contributed by atoms with Crippen LogP contribution in [0.5, 0.6) is 0 Å². The van der Waals surface area contributed by atoms with Crippen LogP contribution in [0.15, 0.2) is 18.2 Å². The van der Waals surface area contributed by atoms with E-state index in [1.807, 2.05) is 27.5 Å². The van der Waals surface area contributed by atoms with Gasteiger partial charge in [0, 0.05) is 47.8 Å². The number of carbonyl (C=O) groups is 2. The smallest absolute Gasteiger partial charge is 0.270 e. The first-order valence-electron chi connectivity index (χ1n) is 9.39. The Balaban J connectivity index is 1.62. The van der Waals surface area contributed by atoms with Gasteiger partial charge in [-0.2, -0.15) is 0 Å². The maximum Gasteiger partial charge on any atom is 0.270 e. The van der Waals surface area contributed by atoms with Gasteiger partial charge in [0.1, 0.15) is 0 Å². The van der Waals surface area contributed by atoms with E-state index >= 15 is 0 Å². The van der Waals surface area contributed by atoms with Crippen LogP contribution in [0.2, 0.25) is 0 Å². The fourth-order valence-corrected chi connectivity index (χ4v) is 4.50. The molecule has 1 atom stereocenters. The Labute approximate surface area is 172 Å². The van der Waals surface area contributed by atoms with Gasteiger partial charge in [-0.15, -0.1) is 0 Å². The largest absolute Gasteiger partial charge is 0.342 e. The topological polar surface area (TPSA) is 83.8 Å². The van der Waals surface area contributed by atoms with Gasteiger partial charge in [-0.1, -0.05) is 6.92 Å². The average molecular weight is 485 g/mol. The van der Waals surface area contributed by atoms with Crippen LogP contribution in [0.1, 0.15) is 43.0 Å². The highest BCUT2D eigenvalue weighted by Crippen LogP contribution is 2.26. The van der Waals surface area contributed by atoms with Crippen LogP contribution in [-0.4, -0.2) is 52.7 Å². The predicted molar refractivity (Wildman–Crippen MR) is 109 cm³/mol. The summed E-state index contributed by atoms with van der Waals surface area (Å²) >= 11 is 2.03. The molecule has 0 N–H and O–H groups in total. The molecule has 2 aliphatic rings. The Morgan fingerprint density at radius 3 is 2.48 bits per heavy atom. The van der Waals surface area contributed by atoms with Crippen molar-refractivity contribution in [3.05, 3.63) is 37.4 Å². The Morgan fingerprint density at radius 2 is 1.85 bits per heavy atom. The van der Waals surface area contributed by atoms with Crippen LogP contribution < -0.4 is 0 Å². The summed E-state index contributed by atoms with van der Waals surface area (Å²) in [5.41, 5.74) is 0.280. The molecule has 0 bridgehead atoms. The summed E-state index contributed by atoms with van der Waals surface area (Å²) in [5.74, 6) is 0.558. The maximum absolute atomic E-state index is 12.8. The van der Waals surface area contributed by atoms with Crippen LogP contribution >= 0.6 is 22.6 Å². The normalized spacial score (nSPS) is 21.2. The SMILES string of the molecule is CC1CCCN(C(=O)C2CCN(C(=O)c3cc([N+](=O)[O-])ccc3I)CC2)C1. The van der Waals surface area contributed by atoms with Gasteiger partial charge in [0.25, 0.3) is 11.6 Å². The van der Waals surface area contributed by atoms with Gasteiger partial charge in [0.15, 0.2) is 0 Å². The van der Waals surface area contributed by atoms with Gasteiger partial charge in [-0.25, -0.2) is 0 Å². The van der Waals surface area contributed by atoms with Crippen LogP contribution in [0.3, 0.4) is 0 Å². The summed E-state index contributed by atoms with van der Waals surface area (Å²) in [4.78, 5) is 39.8. The van der Waals surface area contributed by atoms with Crippen LogP contribution in [0.25, 0.3) is 0 Å². The minimum atomic E-state index is -0.489. The van der Waals surface area contributed by atoms with Gasteiger partial charge in [0.05, 0.1) is 10.5 Å². The average Bonchev–Trinajstić information content (AvgIpc) is 2.67. The van der Waals surface area contributed by atoms with Gasteiger partial charge in [-0.3, -0.25) is 19.7 Å². The predicted octanol–water partition coefficient (Wildman–Crippen LogP) is 3.31. The summed E-state index contributed by atoms with van der Waals surface area (Å²) in [5, 5.41) is 11.0. The number of rotatable bonds is 3. The molecule has 1 aromatic rings. The van der Waals surface area contributed by atoms with E-state index < -0.39 is 4.92 Å². The summed E-state index contributed by atoms with van der Waals surface area (Å²) in [6.07, 6.45) is 3.55. The highest BCUT2D eigenvalue weighted by Gasteiger charge is 2.32. The number of non-ortho nitro benzene ring substituents is 1. The van der Waals surface area contributed by atoms with E-state index in [-0.39, 0.29) is 23.4 Å². The lowest BCUT2D eigenvalue weighted by Crippen LogP contribution is -2.47. The van der Waals surface area contributed by atoms with Crippen molar-refractivity contribution in [3.63, 3.8) is 0 Å². The van der Waals surface area contributed by atoms with Gasteiger partial charge >= 0.3 is 0 Å². The number of hydrogen-bond donors (Lipinski definition) is 0. The molecule has 0 saturated carbocycles. The highest BCUT2D eigenvalue weighted by atomic mass is 127. The molecular weight excluding hydrogens is 461 g/mol. The van der Waals surface area contributed by atoms with Crippen molar-refractivity contribution in [3.8, 4) is 0 Å². The first-order valence-corrected chi connectivity index (χ1v) is 10.5. The quantitative estimate of drug-likeness (QED) is 0.374. The zero-order chi connectivity index (χ0) is 19.6. The van der Waals surface area contributed by atoms with E-state index in [0.29, 0.717) is 41.0 Å². The standard InChI is InChI=1S/C19H24IN3O4/c1-13-3-2-8-22(12-13)18(24)14-6-9-21(10-7-14)19(25)16-11-15(23(26)27)4-5-17(16)20/h4-5,11,13-14H,2-3,6-10,12H2,1H3. The summed E-state index contributed by atoms with van der Waals surface area (Å²) in [6, 6.07) is 4.35. The van der Waals surface area contributed by atoms with Crippen LogP contribution in [0, 0.1) is 25.5 Å².